The van der Waals surface area contributed by atoms with E-state index in [4.69, 9.17) is 4.74 Å². The van der Waals surface area contributed by atoms with Crippen molar-refractivity contribution in [3.8, 4) is 16.3 Å². The highest BCUT2D eigenvalue weighted by molar-refractivity contribution is 7.13. The number of hydrogen-bond donors (Lipinski definition) is 0. The Labute approximate surface area is 155 Å². The SMILES string of the molecule is CC(=O)Oc1ccccc1C(=O)/C=C/c1csc(-c2cccc(C)c2)n1. The summed E-state index contributed by atoms with van der Waals surface area (Å²) in [4.78, 5) is 28.2. The second-order valence-electron chi connectivity index (χ2n) is 5.73. The molecule has 0 N–H and O–H groups in total. The number of aromatic nitrogens is 1. The van der Waals surface area contributed by atoms with Gasteiger partial charge in [0, 0.05) is 17.9 Å². The number of hydrogen-bond acceptors (Lipinski definition) is 5. The zero-order chi connectivity index (χ0) is 18.5. The number of rotatable bonds is 5. The molecule has 0 atom stereocenters. The van der Waals surface area contributed by atoms with E-state index in [-0.39, 0.29) is 11.5 Å². The van der Waals surface area contributed by atoms with Gasteiger partial charge in [0.1, 0.15) is 10.8 Å². The van der Waals surface area contributed by atoms with E-state index in [9.17, 15) is 9.59 Å². The molecule has 0 spiro atoms. The molecule has 0 radical (unpaired) electrons. The molecule has 0 saturated carbocycles. The molecule has 3 aromatic rings. The van der Waals surface area contributed by atoms with Crippen molar-refractivity contribution in [3.05, 3.63) is 76.8 Å². The van der Waals surface area contributed by atoms with Crippen LogP contribution in [0.1, 0.15) is 28.5 Å². The second-order valence-corrected chi connectivity index (χ2v) is 6.59. The zero-order valence-corrected chi connectivity index (χ0v) is 15.2. The first-order valence-corrected chi connectivity index (χ1v) is 8.93. The standard InChI is InChI=1S/C21H17NO3S/c1-14-6-5-7-16(12-14)21-22-17(13-26-21)10-11-19(24)18-8-3-4-9-20(18)25-15(2)23/h3-13H,1-2H3/b11-10+. The average molecular weight is 363 g/mol. The van der Waals surface area contributed by atoms with E-state index in [1.54, 1.807) is 30.3 Å². The number of nitrogens with zero attached hydrogens (tertiary/aromatic N) is 1. The van der Waals surface area contributed by atoms with Crippen molar-refractivity contribution in [1.82, 2.24) is 4.98 Å². The molecule has 2 aromatic carbocycles. The average Bonchev–Trinajstić information content (AvgIpc) is 3.09. The lowest BCUT2D eigenvalue weighted by molar-refractivity contribution is -0.131. The van der Waals surface area contributed by atoms with Crippen LogP contribution in [0.5, 0.6) is 5.75 Å². The fraction of sp³-hybridized carbons (Fsp3) is 0.0952. The summed E-state index contributed by atoms with van der Waals surface area (Å²) in [5, 5.41) is 2.81. The molecule has 1 aromatic heterocycles. The normalized spacial score (nSPS) is 10.8. The van der Waals surface area contributed by atoms with Gasteiger partial charge in [-0.3, -0.25) is 9.59 Å². The largest absolute Gasteiger partial charge is 0.426 e. The minimum atomic E-state index is -0.462. The Hall–Kier alpha value is -3.05. The molecule has 0 aliphatic carbocycles. The number of benzene rings is 2. The highest BCUT2D eigenvalue weighted by Crippen LogP contribution is 2.25. The predicted octanol–water partition coefficient (Wildman–Crippen LogP) is 4.94. The molecule has 0 aliphatic rings. The number of aryl methyl sites for hydroxylation is 1. The van der Waals surface area contributed by atoms with Crippen LogP contribution in [0.3, 0.4) is 0 Å². The highest BCUT2D eigenvalue weighted by Gasteiger charge is 2.11. The summed E-state index contributed by atoms with van der Waals surface area (Å²) in [5.74, 6) is -0.447. The highest BCUT2D eigenvalue weighted by atomic mass is 32.1. The van der Waals surface area contributed by atoms with E-state index >= 15 is 0 Å². The molecular formula is C21H17NO3S. The van der Waals surface area contributed by atoms with E-state index in [2.05, 4.69) is 11.1 Å². The molecule has 3 rings (SSSR count). The van der Waals surface area contributed by atoms with Crippen molar-refractivity contribution in [1.29, 1.82) is 0 Å². The first-order chi connectivity index (χ1) is 12.5. The van der Waals surface area contributed by atoms with Gasteiger partial charge in [0.05, 0.1) is 11.3 Å². The van der Waals surface area contributed by atoms with Crippen molar-refractivity contribution in [2.75, 3.05) is 0 Å². The Bertz CT molecular complexity index is 988. The Balaban J connectivity index is 1.79. The maximum absolute atomic E-state index is 12.4. The number of ether oxygens (including phenoxy) is 1. The van der Waals surface area contributed by atoms with Gasteiger partial charge in [-0.05, 0) is 37.3 Å². The minimum absolute atomic E-state index is 0.244. The van der Waals surface area contributed by atoms with E-state index < -0.39 is 5.97 Å². The van der Waals surface area contributed by atoms with Gasteiger partial charge in [-0.15, -0.1) is 11.3 Å². The monoisotopic (exact) mass is 363 g/mol. The van der Waals surface area contributed by atoms with Gasteiger partial charge in [0.15, 0.2) is 5.78 Å². The number of carbonyl (C=O) groups is 2. The van der Waals surface area contributed by atoms with Gasteiger partial charge in [-0.2, -0.15) is 0 Å². The van der Waals surface area contributed by atoms with Crippen molar-refractivity contribution in [2.24, 2.45) is 0 Å². The maximum atomic E-state index is 12.4. The van der Waals surface area contributed by atoms with Crippen LogP contribution in [0, 0.1) is 6.92 Å². The Kier molecular flexibility index (Phi) is 5.39. The topological polar surface area (TPSA) is 56.3 Å². The lowest BCUT2D eigenvalue weighted by Gasteiger charge is -2.05. The molecule has 5 heteroatoms. The van der Waals surface area contributed by atoms with Gasteiger partial charge in [0.2, 0.25) is 0 Å². The van der Waals surface area contributed by atoms with E-state index in [1.807, 2.05) is 30.5 Å². The van der Waals surface area contributed by atoms with E-state index in [0.29, 0.717) is 11.3 Å². The second kappa shape index (κ2) is 7.89. The first-order valence-electron chi connectivity index (χ1n) is 8.05. The van der Waals surface area contributed by atoms with Gasteiger partial charge >= 0.3 is 5.97 Å². The number of para-hydroxylation sites is 1. The molecule has 130 valence electrons. The fourth-order valence-corrected chi connectivity index (χ4v) is 3.22. The summed E-state index contributed by atoms with van der Waals surface area (Å²) < 4.78 is 5.08. The fourth-order valence-electron chi connectivity index (χ4n) is 2.44. The third kappa shape index (κ3) is 4.32. The maximum Gasteiger partial charge on any atom is 0.308 e. The van der Waals surface area contributed by atoms with Crippen LogP contribution in [0.15, 0.2) is 60.0 Å². The number of esters is 1. The van der Waals surface area contributed by atoms with Gasteiger partial charge in [0.25, 0.3) is 0 Å². The molecule has 26 heavy (non-hydrogen) atoms. The molecule has 0 aliphatic heterocycles. The third-order valence-corrected chi connectivity index (χ3v) is 4.51. The van der Waals surface area contributed by atoms with Gasteiger partial charge in [-0.1, -0.05) is 35.9 Å². The number of carbonyl (C=O) groups excluding carboxylic acids is 2. The van der Waals surface area contributed by atoms with Crippen LogP contribution in [-0.2, 0) is 4.79 Å². The summed E-state index contributed by atoms with van der Waals surface area (Å²) in [6.07, 6.45) is 3.11. The summed E-state index contributed by atoms with van der Waals surface area (Å²) >= 11 is 1.53. The molecule has 0 saturated heterocycles. The lowest BCUT2D eigenvalue weighted by Crippen LogP contribution is -2.06. The quantitative estimate of drug-likeness (QED) is 0.279. The number of ketones is 1. The molecule has 0 bridgehead atoms. The number of thiazole rings is 1. The van der Waals surface area contributed by atoms with Crippen molar-refractivity contribution in [3.63, 3.8) is 0 Å². The van der Waals surface area contributed by atoms with Crippen molar-refractivity contribution >= 4 is 29.2 Å². The summed E-state index contributed by atoms with van der Waals surface area (Å²) in [7, 11) is 0. The zero-order valence-electron chi connectivity index (χ0n) is 14.4. The smallest absolute Gasteiger partial charge is 0.308 e. The molecule has 0 amide bonds. The first kappa shape index (κ1) is 17.8. The van der Waals surface area contributed by atoms with Gasteiger partial charge in [-0.25, -0.2) is 4.98 Å². The predicted molar refractivity (Wildman–Crippen MR) is 103 cm³/mol. The van der Waals surface area contributed by atoms with E-state index in [1.165, 1.54) is 29.9 Å². The van der Waals surface area contributed by atoms with Crippen LogP contribution in [-0.4, -0.2) is 16.7 Å². The molecule has 0 fully saturated rings. The Morgan fingerprint density at radius 2 is 1.92 bits per heavy atom. The molecule has 1 heterocycles. The van der Waals surface area contributed by atoms with E-state index in [0.717, 1.165) is 10.6 Å². The lowest BCUT2D eigenvalue weighted by atomic mass is 10.1. The summed E-state index contributed by atoms with van der Waals surface area (Å²) in [6, 6.07) is 14.8. The van der Waals surface area contributed by atoms with Crippen molar-refractivity contribution < 1.29 is 14.3 Å². The Morgan fingerprint density at radius 1 is 1.12 bits per heavy atom. The van der Waals surface area contributed by atoms with Crippen molar-refractivity contribution in [2.45, 2.75) is 13.8 Å². The summed E-state index contributed by atoms with van der Waals surface area (Å²) in [6.45, 7) is 3.34. The van der Waals surface area contributed by atoms with Crippen LogP contribution < -0.4 is 4.74 Å². The van der Waals surface area contributed by atoms with Gasteiger partial charge < -0.3 is 4.74 Å². The third-order valence-electron chi connectivity index (χ3n) is 3.60. The molecule has 4 nitrogen and oxygen atoms in total. The summed E-state index contributed by atoms with van der Waals surface area (Å²) in [5.41, 5.74) is 3.28. The Morgan fingerprint density at radius 3 is 2.69 bits per heavy atom. The molecular weight excluding hydrogens is 346 g/mol. The molecule has 0 unspecified atom stereocenters. The van der Waals surface area contributed by atoms with Crippen LogP contribution in [0.2, 0.25) is 0 Å². The van der Waals surface area contributed by atoms with Crippen LogP contribution in [0.25, 0.3) is 16.6 Å². The van der Waals surface area contributed by atoms with Crippen LogP contribution >= 0.6 is 11.3 Å². The van der Waals surface area contributed by atoms with Crippen LogP contribution in [0.4, 0.5) is 0 Å². The minimum Gasteiger partial charge on any atom is -0.426 e. The number of allylic oxidation sites excluding steroid dienone is 1.